The number of pyridine rings is 2. The van der Waals surface area contributed by atoms with Crippen LogP contribution in [-0.4, -0.2) is 48.0 Å². The largest absolute Gasteiger partial charge is 0.497 e. The number of carbonyl (C=O) groups is 2. The van der Waals surface area contributed by atoms with Crippen LogP contribution in [0.1, 0.15) is 33.4 Å². The molecule has 0 aliphatic carbocycles. The van der Waals surface area contributed by atoms with E-state index in [1.165, 1.54) is 0 Å². The third kappa shape index (κ3) is 11.8. The lowest BCUT2D eigenvalue weighted by atomic mass is 10.1. The van der Waals surface area contributed by atoms with Crippen molar-refractivity contribution < 1.29 is 28.7 Å². The SMILES string of the molecule is COc1ccc(CN(C(N)=NOC(=O)/C=C\C(=O)ON=C(N)N(Cc2ccc(OC)cc2)c2ncccc2Cc2ccccc2)c2ncccc2Cc2ccccc2)cc1. The Balaban J connectivity index is 1.17. The van der Waals surface area contributed by atoms with Gasteiger partial charge in [-0.3, -0.25) is 9.80 Å². The lowest BCUT2D eigenvalue weighted by Gasteiger charge is -2.24. The zero-order chi connectivity index (χ0) is 42.1. The molecular formula is C46H44N8O6. The van der Waals surface area contributed by atoms with Crippen LogP contribution in [0.3, 0.4) is 0 Å². The highest BCUT2D eigenvalue weighted by Crippen LogP contribution is 2.25. The van der Waals surface area contributed by atoms with Crippen LogP contribution in [0.2, 0.25) is 0 Å². The summed E-state index contributed by atoms with van der Waals surface area (Å²) in [4.78, 5) is 48.3. The number of rotatable bonds is 16. The summed E-state index contributed by atoms with van der Waals surface area (Å²) < 4.78 is 10.6. The van der Waals surface area contributed by atoms with E-state index in [1.54, 1.807) is 36.4 Å². The molecule has 4 N–H and O–H groups in total. The van der Waals surface area contributed by atoms with Crippen LogP contribution in [0, 0.1) is 0 Å². The van der Waals surface area contributed by atoms with E-state index in [2.05, 4.69) is 20.3 Å². The summed E-state index contributed by atoms with van der Waals surface area (Å²) in [5.41, 5.74) is 18.5. The summed E-state index contributed by atoms with van der Waals surface area (Å²) in [6.45, 7) is 0.470. The minimum Gasteiger partial charge on any atom is -0.497 e. The Kier molecular flexibility index (Phi) is 14.5. The Morgan fingerprint density at radius 2 is 0.917 bits per heavy atom. The van der Waals surface area contributed by atoms with Crippen LogP contribution in [0.5, 0.6) is 11.5 Å². The van der Waals surface area contributed by atoms with E-state index >= 15 is 0 Å². The number of methoxy groups -OCH3 is 2. The summed E-state index contributed by atoms with van der Waals surface area (Å²) in [6.07, 6.45) is 6.09. The van der Waals surface area contributed by atoms with Gasteiger partial charge < -0.3 is 30.6 Å². The Morgan fingerprint density at radius 3 is 1.28 bits per heavy atom. The van der Waals surface area contributed by atoms with Gasteiger partial charge >= 0.3 is 11.9 Å². The summed E-state index contributed by atoms with van der Waals surface area (Å²) >= 11 is 0. The maximum atomic E-state index is 12.8. The lowest BCUT2D eigenvalue weighted by Crippen LogP contribution is -2.38. The molecule has 6 rings (SSSR count). The summed E-state index contributed by atoms with van der Waals surface area (Å²) in [6, 6.07) is 42.2. The minimum absolute atomic E-state index is 0.154. The fourth-order valence-electron chi connectivity index (χ4n) is 6.09. The molecule has 0 spiro atoms. The van der Waals surface area contributed by atoms with Gasteiger partial charge in [-0.15, -0.1) is 0 Å². The molecule has 60 heavy (non-hydrogen) atoms. The van der Waals surface area contributed by atoms with Crippen molar-refractivity contribution >= 4 is 35.5 Å². The van der Waals surface area contributed by atoms with Crippen molar-refractivity contribution in [2.75, 3.05) is 24.0 Å². The van der Waals surface area contributed by atoms with E-state index in [1.807, 2.05) is 133 Å². The third-order valence-electron chi connectivity index (χ3n) is 9.09. The van der Waals surface area contributed by atoms with Gasteiger partial charge in [0.05, 0.1) is 27.3 Å². The number of hydrogen-bond acceptors (Lipinski definition) is 10. The zero-order valence-corrected chi connectivity index (χ0v) is 33.1. The fourth-order valence-corrected chi connectivity index (χ4v) is 6.09. The number of nitrogens with zero attached hydrogens (tertiary/aromatic N) is 6. The van der Waals surface area contributed by atoms with E-state index in [9.17, 15) is 9.59 Å². The van der Waals surface area contributed by atoms with E-state index in [0.717, 1.165) is 45.5 Å². The topological polar surface area (TPSA) is 180 Å². The summed E-state index contributed by atoms with van der Waals surface area (Å²) in [7, 11) is 3.18. The van der Waals surface area contributed by atoms with Gasteiger partial charge in [-0.25, -0.2) is 19.6 Å². The smallest absolute Gasteiger partial charge is 0.359 e. The van der Waals surface area contributed by atoms with E-state index in [-0.39, 0.29) is 25.0 Å². The average molecular weight is 805 g/mol. The van der Waals surface area contributed by atoms with Gasteiger partial charge in [0.15, 0.2) is 0 Å². The van der Waals surface area contributed by atoms with Gasteiger partial charge in [0, 0.05) is 37.4 Å². The van der Waals surface area contributed by atoms with Crippen molar-refractivity contribution in [3.63, 3.8) is 0 Å². The van der Waals surface area contributed by atoms with Crippen LogP contribution in [0.4, 0.5) is 11.6 Å². The van der Waals surface area contributed by atoms with Crippen LogP contribution < -0.4 is 30.7 Å². The maximum absolute atomic E-state index is 12.8. The standard InChI is InChI=1S/C46H44N8O6/c1-57-39-21-17-35(18-22-39)31-53(43-37(15-9-27-49-43)29-33-11-5-3-6-12-33)45(47)51-59-41(55)25-26-42(56)60-52-46(48)54(32-36-19-23-40(58-2)24-20-36)44-38(16-10-28-50-44)30-34-13-7-4-8-14-34/h3-28H,29-32H2,1-2H3,(H2,47,51)(H2,48,52)/b26-25-. The molecule has 304 valence electrons. The molecule has 6 aromatic rings. The number of anilines is 2. The van der Waals surface area contributed by atoms with Gasteiger partial charge in [-0.05, 0) is 80.1 Å². The second kappa shape index (κ2) is 21.0. The molecule has 0 atom stereocenters. The van der Waals surface area contributed by atoms with Crippen molar-refractivity contribution in [2.24, 2.45) is 21.8 Å². The fraction of sp³-hybridized carbons (Fsp3) is 0.130. The highest BCUT2D eigenvalue weighted by Gasteiger charge is 2.20. The molecule has 0 fully saturated rings. The average Bonchev–Trinajstić information content (AvgIpc) is 3.29. The number of oxime groups is 2. The number of aromatic nitrogens is 2. The lowest BCUT2D eigenvalue weighted by molar-refractivity contribution is -0.140. The molecule has 0 amide bonds. The van der Waals surface area contributed by atoms with Crippen LogP contribution in [-0.2, 0) is 45.2 Å². The number of hydrogen-bond donors (Lipinski definition) is 2. The molecule has 0 aliphatic heterocycles. The first kappa shape index (κ1) is 41.6. The first-order valence-corrected chi connectivity index (χ1v) is 18.8. The predicted octanol–water partition coefficient (Wildman–Crippen LogP) is 6.49. The number of nitrogens with two attached hydrogens (primary N) is 2. The quantitative estimate of drug-likeness (QED) is 0.0358. The Morgan fingerprint density at radius 1 is 0.533 bits per heavy atom. The highest BCUT2D eigenvalue weighted by atomic mass is 16.7. The van der Waals surface area contributed by atoms with Crippen molar-refractivity contribution in [1.82, 2.24) is 9.97 Å². The molecule has 4 aromatic carbocycles. The summed E-state index contributed by atoms with van der Waals surface area (Å²) in [5, 5.41) is 7.82. The molecule has 0 unspecified atom stereocenters. The number of guanidine groups is 2. The van der Waals surface area contributed by atoms with Gasteiger partial charge in [0.2, 0.25) is 11.9 Å². The predicted molar refractivity (Wildman–Crippen MR) is 230 cm³/mol. The summed E-state index contributed by atoms with van der Waals surface area (Å²) in [5.74, 6) is 0.107. The third-order valence-corrected chi connectivity index (χ3v) is 9.09. The van der Waals surface area contributed by atoms with Crippen LogP contribution >= 0.6 is 0 Å². The molecule has 14 nitrogen and oxygen atoms in total. The molecule has 0 bridgehead atoms. The van der Waals surface area contributed by atoms with Crippen molar-refractivity contribution in [3.05, 3.63) is 191 Å². The van der Waals surface area contributed by atoms with Crippen LogP contribution in [0.25, 0.3) is 0 Å². The minimum atomic E-state index is -0.998. The van der Waals surface area contributed by atoms with Gasteiger partial charge in [-0.1, -0.05) is 97.1 Å². The first-order valence-electron chi connectivity index (χ1n) is 18.8. The second-order valence-electron chi connectivity index (χ2n) is 13.2. The van der Waals surface area contributed by atoms with Gasteiger partial charge in [0.25, 0.3) is 0 Å². The second-order valence-corrected chi connectivity index (χ2v) is 13.2. The first-order chi connectivity index (χ1) is 29.3. The maximum Gasteiger partial charge on any atom is 0.359 e. The highest BCUT2D eigenvalue weighted by molar-refractivity contribution is 5.97. The molecule has 14 heteroatoms. The Bertz CT molecular complexity index is 2260. The van der Waals surface area contributed by atoms with Gasteiger partial charge in [0.1, 0.15) is 23.1 Å². The molecule has 2 heterocycles. The number of ether oxygens (including phenoxy) is 2. The Labute approximate surface area is 348 Å². The van der Waals surface area contributed by atoms with Gasteiger partial charge in [-0.2, -0.15) is 0 Å². The normalized spacial score (nSPS) is 11.5. The molecule has 2 aromatic heterocycles. The number of benzene rings is 4. The monoisotopic (exact) mass is 804 g/mol. The van der Waals surface area contributed by atoms with Crippen molar-refractivity contribution in [3.8, 4) is 11.5 Å². The molecule has 0 radical (unpaired) electrons. The molecule has 0 saturated heterocycles. The zero-order valence-electron chi connectivity index (χ0n) is 33.1. The van der Waals surface area contributed by atoms with E-state index < -0.39 is 11.9 Å². The molecule has 0 aliphatic rings. The Hall–Kier alpha value is -8.00. The number of carbonyl (C=O) groups excluding carboxylic acids is 2. The molecule has 0 saturated carbocycles. The van der Waals surface area contributed by atoms with Crippen molar-refractivity contribution in [1.29, 1.82) is 0 Å². The van der Waals surface area contributed by atoms with E-state index in [0.29, 0.717) is 36.0 Å². The van der Waals surface area contributed by atoms with Crippen molar-refractivity contribution in [2.45, 2.75) is 25.9 Å². The van der Waals surface area contributed by atoms with Crippen LogP contribution in [0.15, 0.2) is 168 Å². The molecular weight excluding hydrogens is 761 g/mol. The van der Waals surface area contributed by atoms with E-state index in [4.69, 9.17) is 30.6 Å².